The van der Waals surface area contributed by atoms with E-state index in [1.54, 1.807) is 26.0 Å². The van der Waals surface area contributed by atoms with Crippen LogP contribution in [0.15, 0.2) is 30.3 Å². The standard InChI is InChI=1S/C20H25ClO7/c1-19(2)23-10-12(26-19)14-15(16-18(25-14)28-20(3,4)27-16)24-17(22)13(21)11-8-6-5-7-9-11/h5-9,12-16,18H,10H2,1-4H3/t12-,13-,14-,15+,16-,18-/m1/s1. The molecule has 1 aromatic carbocycles. The molecule has 0 N–H and O–H groups in total. The fraction of sp³-hybridized carbons (Fsp3) is 0.650. The molecule has 3 fully saturated rings. The zero-order valence-electron chi connectivity index (χ0n) is 16.3. The van der Waals surface area contributed by atoms with E-state index in [2.05, 4.69) is 0 Å². The lowest BCUT2D eigenvalue weighted by atomic mass is 10.1. The van der Waals surface area contributed by atoms with Crippen LogP contribution in [0.3, 0.4) is 0 Å². The Hall–Kier alpha value is -1.22. The van der Waals surface area contributed by atoms with Crippen LogP contribution in [0.4, 0.5) is 0 Å². The Bertz CT molecular complexity index is 723. The van der Waals surface area contributed by atoms with Gasteiger partial charge in [-0.05, 0) is 33.3 Å². The number of halogens is 1. The summed E-state index contributed by atoms with van der Waals surface area (Å²) in [4.78, 5) is 12.8. The van der Waals surface area contributed by atoms with Crippen molar-refractivity contribution >= 4 is 17.6 Å². The molecule has 3 aliphatic rings. The maximum Gasteiger partial charge on any atom is 0.329 e. The molecule has 6 atom stereocenters. The van der Waals surface area contributed by atoms with Crippen LogP contribution in [0, 0.1) is 0 Å². The highest BCUT2D eigenvalue weighted by atomic mass is 35.5. The lowest BCUT2D eigenvalue weighted by Crippen LogP contribution is -2.45. The highest BCUT2D eigenvalue weighted by Gasteiger charge is 2.60. The summed E-state index contributed by atoms with van der Waals surface area (Å²) in [5, 5.41) is -0.937. The van der Waals surface area contributed by atoms with Gasteiger partial charge in [-0.1, -0.05) is 30.3 Å². The first-order valence-electron chi connectivity index (χ1n) is 9.38. The SMILES string of the molecule is CC1(C)O[C@H]2O[C@H]([C@H]3COC(C)(C)O3)[C@H](OC(=O)[C@H](Cl)c3ccccc3)[C@H]2O1. The Labute approximate surface area is 169 Å². The molecule has 0 unspecified atom stereocenters. The minimum absolute atomic E-state index is 0.317. The van der Waals surface area contributed by atoms with E-state index < -0.39 is 53.6 Å². The molecule has 0 aliphatic carbocycles. The van der Waals surface area contributed by atoms with Gasteiger partial charge in [-0.25, -0.2) is 0 Å². The van der Waals surface area contributed by atoms with Crippen molar-refractivity contribution in [3.05, 3.63) is 35.9 Å². The van der Waals surface area contributed by atoms with Crippen molar-refractivity contribution in [3.63, 3.8) is 0 Å². The van der Waals surface area contributed by atoms with Crippen molar-refractivity contribution in [1.82, 2.24) is 0 Å². The Balaban J connectivity index is 1.52. The zero-order valence-corrected chi connectivity index (χ0v) is 17.0. The summed E-state index contributed by atoms with van der Waals surface area (Å²) in [7, 11) is 0. The van der Waals surface area contributed by atoms with Crippen LogP contribution < -0.4 is 0 Å². The zero-order chi connectivity index (χ0) is 20.1. The molecule has 3 heterocycles. The smallest absolute Gasteiger partial charge is 0.329 e. The average Bonchev–Trinajstić information content (AvgIpc) is 3.25. The lowest BCUT2D eigenvalue weighted by Gasteiger charge is -2.29. The molecule has 7 nitrogen and oxygen atoms in total. The van der Waals surface area contributed by atoms with Gasteiger partial charge in [0.1, 0.15) is 12.2 Å². The normalized spacial score (nSPS) is 36.8. The highest BCUT2D eigenvalue weighted by Crippen LogP contribution is 2.42. The van der Waals surface area contributed by atoms with Crippen LogP contribution in [0.1, 0.15) is 38.6 Å². The number of alkyl halides is 1. The number of carbonyl (C=O) groups excluding carboxylic acids is 1. The molecule has 0 bridgehead atoms. The molecular formula is C20H25ClO7. The van der Waals surface area contributed by atoms with Crippen LogP contribution >= 0.6 is 11.6 Å². The van der Waals surface area contributed by atoms with E-state index in [9.17, 15) is 4.79 Å². The maximum absolute atomic E-state index is 12.8. The van der Waals surface area contributed by atoms with Gasteiger partial charge in [0.05, 0.1) is 6.61 Å². The second-order valence-corrected chi connectivity index (χ2v) is 8.55. The number of rotatable bonds is 4. The molecule has 28 heavy (non-hydrogen) atoms. The molecule has 0 amide bonds. The van der Waals surface area contributed by atoms with Crippen LogP contribution in [-0.2, 0) is 33.2 Å². The molecule has 1 aromatic rings. The molecule has 154 valence electrons. The molecule has 0 aromatic heterocycles. The number of hydrogen-bond acceptors (Lipinski definition) is 7. The number of ether oxygens (including phenoxy) is 6. The molecule has 8 heteroatoms. The van der Waals surface area contributed by atoms with E-state index in [0.29, 0.717) is 12.2 Å². The summed E-state index contributed by atoms with van der Waals surface area (Å²) >= 11 is 6.34. The average molecular weight is 413 g/mol. The van der Waals surface area contributed by atoms with Gasteiger partial charge in [0, 0.05) is 0 Å². The van der Waals surface area contributed by atoms with Crippen LogP contribution in [-0.4, -0.2) is 54.9 Å². The third-order valence-corrected chi connectivity index (χ3v) is 5.41. The van der Waals surface area contributed by atoms with E-state index in [0.717, 1.165) is 0 Å². The molecule has 0 spiro atoms. The van der Waals surface area contributed by atoms with Crippen LogP contribution in [0.25, 0.3) is 0 Å². The van der Waals surface area contributed by atoms with Gasteiger partial charge >= 0.3 is 5.97 Å². The summed E-state index contributed by atoms with van der Waals surface area (Å²) in [6.07, 6.45) is -2.96. The quantitative estimate of drug-likeness (QED) is 0.556. The van der Waals surface area contributed by atoms with Crippen molar-refractivity contribution in [2.45, 2.75) is 75.4 Å². The summed E-state index contributed by atoms with van der Waals surface area (Å²) in [5.41, 5.74) is 0.659. The number of carbonyl (C=O) groups is 1. The van der Waals surface area contributed by atoms with E-state index in [-0.39, 0.29) is 0 Å². The summed E-state index contributed by atoms with van der Waals surface area (Å²) < 4.78 is 35.1. The second-order valence-electron chi connectivity index (χ2n) is 8.11. The first-order valence-corrected chi connectivity index (χ1v) is 9.81. The molecule has 0 radical (unpaired) electrons. The van der Waals surface area contributed by atoms with Gasteiger partial charge in [-0.2, -0.15) is 0 Å². The fourth-order valence-corrected chi connectivity index (χ4v) is 3.96. The van der Waals surface area contributed by atoms with E-state index >= 15 is 0 Å². The van der Waals surface area contributed by atoms with Gasteiger partial charge in [-0.3, -0.25) is 4.79 Å². The first kappa shape index (κ1) is 20.1. The van der Waals surface area contributed by atoms with Crippen molar-refractivity contribution in [1.29, 1.82) is 0 Å². The fourth-order valence-electron chi connectivity index (χ4n) is 3.77. The topological polar surface area (TPSA) is 72.5 Å². The van der Waals surface area contributed by atoms with Crippen molar-refractivity contribution < 1.29 is 33.2 Å². The molecule has 4 rings (SSSR count). The predicted molar refractivity (Wildman–Crippen MR) is 98.5 cm³/mol. The Kier molecular flexibility index (Phi) is 5.18. The number of benzene rings is 1. The monoisotopic (exact) mass is 412 g/mol. The Morgan fingerprint density at radius 3 is 2.43 bits per heavy atom. The number of hydrogen-bond donors (Lipinski definition) is 0. The number of fused-ring (bicyclic) bond motifs is 1. The van der Waals surface area contributed by atoms with Crippen LogP contribution in [0.2, 0.25) is 0 Å². The lowest BCUT2D eigenvalue weighted by molar-refractivity contribution is -0.235. The Morgan fingerprint density at radius 2 is 1.79 bits per heavy atom. The van der Waals surface area contributed by atoms with E-state index in [1.807, 2.05) is 32.0 Å². The third-order valence-electron chi connectivity index (χ3n) is 4.98. The maximum atomic E-state index is 12.8. The first-order chi connectivity index (χ1) is 13.2. The van der Waals surface area contributed by atoms with Gasteiger partial charge in [0.2, 0.25) is 0 Å². The minimum Gasteiger partial charge on any atom is -0.455 e. The second kappa shape index (κ2) is 7.23. The highest BCUT2D eigenvalue weighted by molar-refractivity contribution is 6.29. The largest absolute Gasteiger partial charge is 0.455 e. The van der Waals surface area contributed by atoms with Crippen molar-refractivity contribution in [2.24, 2.45) is 0 Å². The number of esters is 1. The van der Waals surface area contributed by atoms with Gasteiger partial charge in [0.25, 0.3) is 0 Å². The minimum atomic E-state index is -0.937. The van der Waals surface area contributed by atoms with Crippen molar-refractivity contribution in [3.8, 4) is 0 Å². The van der Waals surface area contributed by atoms with Gasteiger partial charge in [-0.15, -0.1) is 11.6 Å². The third kappa shape index (κ3) is 3.92. The van der Waals surface area contributed by atoms with Crippen molar-refractivity contribution in [2.75, 3.05) is 6.61 Å². The van der Waals surface area contributed by atoms with Gasteiger partial charge < -0.3 is 28.4 Å². The summed E-state index contributed by atoms with van der Waals surface area (Å²) in [6, 6.07) is 9.04. The van der Waals surface area contributed by atoms with E-state index in [4.69, 9.17) is 40.0 Å². The Morgan fingerprint density at radius 1 is 1.07 bits per heavy atom. The summed E-state index contributed by atoms with van der Waals surface area (Å²) in [5.74, 6) is -2.14. The predicted octanol–water partition coefficient (Wildman–Crippen LogP) is 2.91. The van der Waals surface area contributed by atoms with Gasteiger partial charge in [0.15, 0.2) is 35.4 Å². The van der Waals surface area contributed by atoms with Crippen LogP contribution in [0.5, 0.6) is 0 Å². The molecule has 0 saturated carbocycles. The molecular weight excluding hydrogens is 388 g/mol. The molecule has 3 aliphatic heterocycles. The molecule has 3 saturated heterocycles. The van der Waals surface area contributed by atoms with E-state index in [1.165, 1.54) is 0 Å². The summed E-state index contributed by atoms with van der Waals surface area (Å²) in [6.45, 7) is 7.54.